The molecule has 0 heterocycles. The zero-order chi connectivity index (χ0) is 13.1. The van der Waals surface area contributed by atoms with Gasteiger partial charge in [0.05, 0.1) is 19.1 Å². The van der Waals surface area contributed by atoms with Crippen molar-refractivity contribution < 1.29 is 19.4 Å². The number of benzene rings is 1. The predicted octanol–water partition coefficient (Wildman–Crippen LogP) is 2.44. The number of carboxylic acids is 1. The van der Waals surface area contributed by atoms with Crippen molar-refractivity contribution >= 4 is 11.9 Å². The highest BCUT2D eigenvalue weighted by atomic mass is 16.5. The molecule has 1 aromatic rings. The molecule has 2 rings (SSSR count). The minimum atomic E-state index is -0.940. The summed E-state index contributed by atoms with van der Waals surface area (Å²) in [5.74, 6) is -0.623. The predicted molar refractivity (Wildman–Crippen MR) is 65.5 cm³/mol. The van der Waals surface area contributed by atoms with Crippen molar-refractivity contribution in [2.24, 2.45) is 5.92 Å². The van der Waals surface area contributed by atoms with Crippen molar-refractivity contribution in [3.8, 4) is 0 Å². The number of hydrogen-bond donors (Lipinski definition) is 1. The Morgan fingerprint density at radius 1 is 1.44 bits per heavy atom. The van der Waals surface area contributed by atoms with Gasteiger partial charge in [-0.2, -0.15) is 0 Å². The molecule has 1 aliphatic rings. The summed E-state index contributed by atoms with van der Waals surface area (Å²) in [6.07, 6.45) is 2.52. The second-order valence-electron chi connectivity index (χ2n) is 4.65. The second kappa shape index (κ2) is 5.21. The van der Waals surface area contributed by atoms with E-state index in [1.165, 1.54) is 7.11 Å². The Labute approximate surface area is 106 Å². The van der Waals surface area contributed by atoms with Crippen molar-refractivity contribution in [2.75, 3.05) is 7.11 Å². The lowest BCUT2D eigenvalue weighted by Gasteiger charge is -2.15. The van der Waals surface area contributed by atoms with E-state index < -0.39 is 5.97 Å². The zero-order valence-electron chi connectivity index (χ0n) is 10.3. The molecule has 1 atom stereocenters. The van der Waals surface area contributed by atoms with Crippen molar-refractivity contribution in [3.05, 3.63) is 35.4 Å². The van der Waals surface area contributed by atoms with E-state index in [9.17, 15) is 9.59 Å². The van der Waals surface area contributed by atoms with Gasteiger partial charge in [0.25, 0.3) is 0 Å². The average Bonchev–Trinajstić information content (AvgIpc) is 3.20. The van der Waals surface area contributed by atoms with Crippen LogP contribution < -0.4 is 0 Å². The van der Waals surface area contributed by atoms with Gasteiger partial charge in [-0.1, -0.05) is 12.1 Å². The van der Waals surface area contributed by atoms with Crippen LogP contribution in [-0.4, -0.2) is 24.2 Å². The van der Waals surface area contributed by atoms with Gasteiger partial charge in [0.2, 0.25) is 0 Å². The Hall–Kier alpha value is -1.84. The van der Waals surface area contributed by atoms with Crippen LogP contribution in [0.2, 0.25) is 0 Å². The minimum absolute atomic E-state index is 0.0803. The molecule has 1 aromatic carbocycles. The average molecular weight is 248 g/mol. The van der Waals surface area contributed by atoms with Gasteiger partial charge in [0, 0.05) is 0 Å². The van der Waals surface area contributed by atoms with Gasteiger partial charge in [-0.25, -0.2) is 4.79 Å². The monoisotopic (exact) mass is 248 g/mol. The maximum Gasteiger partial charge on any atom is 0.335 e. The number of ether oxygens (including phenoxy) is 1. The molecular formula is C14H16O4. The van der Waals surface area contributed by atoms with Crippen LogP contribution in [0.1, 0.15) is 41.1 Å². The second-order valence-corrected chi connectivity index (χ2v) is 4.65. The van der Waals surface area contributed by atoms with Gasteiger partial charge < -0.3 is 9.84 Å². The Balaban J connectivity index is 2.22. The highest BCUT2D eigenvalue weighted by Crippen LogP contribution is 2.44. The van der Waals surface area contributed by atoms with Crippen LogP contribution in [0.25, 0.3) is 0 Å². The molecule has 0 saturated heterocycles. The lowest BCUT2D eigenvalue weighted by Crippen LogP contribution is -2.11. The largest absolute Gasteiger partial charge is 0.478 e. The van der Waals surface area contributed by atoms with Gasteiger partial charge in [-0.05, 0) is 42.4 Å². The molecule has 1 saturated carbocycles. The molecule has 1 N–H and O–H groups in total. The fraction of sp³-hybridized carbons (Fsp3) is 0.429. The minimum Gasteiger partial charge on any atom is -0.478 e. The molecule has 1 unspecified atom stereocenters. The van der Waals surface area contributed by atoms with Crippen LogP contribution in [0, 0.1) is 5.92 Å². The number of carboxylic acid groups (broad SMARTS) is 1. The number of hydrogen-bond acceptors (Lipinski definition) is 3. The van der Waals surface area contributed by atoms with Crippen molar-refractivity contribution in [3.63, 3.8) is 0 Å². The van der Waals surface area contributed by atoms with E-state index in [2.05, 4.69) is 0 Å². The number of carbonyl (C=O) groups is 2. The summed E-state index contributed by atoms with van der Waals surface area (Å²) in [7, 11) is 1.37. The van der Waals surface area contributed by atoms with Crippen LogP contribution in [0.5, 0.6) is 0 Å². The Morgan fingerprint density at radius 2 is 2.17 bits per heavy atom. The highest BCUT2D eigenvalue weighted by Gasteiger charge is 2.34. The number of esters is 1. The molecule has 0 aliphatic heterocycles. The molecule has 96 valence electrons. The van der Waals surface area contributed by atoms with Gasteiger partial charge in [0.15, 0.2) is 0 Å². The first-order valence-corrected chi connectivity index (χ1v) is 6.02. The van der Waals surface area contributed by atoms with E-state index in [1.54, 1.807) is 18.2 Å². The molecule has 1 aliphatic carbocycles. The molecule has 1 fully saturated rings. The van der Waals surface area contributed by atoms with Crippen molar-refractivity contribution in [2.45, 2.75) is 25.2 Å². The first kappa shape index (κ1) is 12.6. The van der Waals surface area contributed by atoms with Crippen molar-refractivity contribution in [1.82, 2.24) is 0 Å². The SMILES string of the molecule is COC(=O)CC(c1cccc(C(=O)O)c1)C1CC1. The summed E-state index contributed by atoms with van der Waals surface area (Å²) >= 11 is 0. The zero-order valence-corrected chi connectivity index (χ0v) is 10.3. The third-order valence-electron chi connectivity index (χ3n) is 3.37. The van der Waals surface area contributed by atoms with Crippen molar-refractivity contribution in [1.29, 1.82) is 0 Å². The number of carbonyl (C=O) groups excluding carboxylic acids is 1. The number of rotatable bonds is 5. The fourth-order valence-electron chi connectivity index (χ4n) is 2.22. The van der Waals surface area contributed by atoms with Gasteiger partial charge >= 0.3 is 11.9 Å². The van der Waals surface area contributed by atoms with E-state index in [-0.39, 0.29) is 17.5 Å². The standard InChI is InChI=1S/C14H16O4/c1-18-13(15)8-12(9-5-6-9)10-3-2-4-11(7-10)14(16)17/h2-4,7,9,12H,5-6,8H2,1H3,(H,16,17). The molecule has 4 heteroatoms. The first-order valence-electron chi connectivity index (χ1n) is 6.02. The summed E-state index contributed by atoms with van der Waals surface area (Å²) in [6, 6.07) is 6.84. The van der Waals surface area contributed by atoms with E-state index in [0.29, 0.717) is 12.3 Å². The molecule has 0 bridgehead atoms. The smallest absolute Gasteiger partial charge is 0.335 e. The molecule has 0 spiro atoms. The molecule has 18 heavy (non-hydrogen) atoms. The lowest BCUT2D eigenvalue weighted by atomic mass is 9.90. The van der Waals surface area contributed by atoms with Gasteiger partial charge in [-0.3, -0.25) is 4.79 Å². The summed E-state index contributed by atoms with van der Waals surface area (Å²) in [5.41, 5.74) is 1.19. The lowest BCUT2D eigenvalue weighted by molar-refractivity contribution is -0.141. The third kappa shape index (κ3) is 2.88. The van der Waals surface area contributed by atoms with E-state index in [4.69, 9.17) is 9.84 Å². The summed E-state index contributed by atoms with van der Waals surface area (Å²) in [6.45, 7) is 0. The van der Waals surface area contributed by atoms with Crippen LogP contribution in [0.3, 0.4) is 0 Å². The van der Waals surface area contributed by atoms with E-state index in [1.807, 2.05) is 6.07 Å². The quantitative estimate of drug-likeness (QED) is 0.813. The summed E-state index contributed by atoms with van der Waals surface area (Å²) < 4.78 is 4.70. The molecule has 4 nitrogen and oxygen atoms in total. The maximum atomic E-state index is 11.4. The fourth-order valence-corrected chi connectivity index (χ4v) is 2.22. The van der Waals surface area contributed by atoms with E-state index >= 15 is 0 Å². The Kier molecular flexibility index (Phi) is 3.65. The number of methoxy groups -OCH3 is 1. The molecular weight excluding hydrogens is 232 g/mol. The number of aromatic carboxylic acids is 1. The van der Waals surface area contributed by atoms with Gasteiger partial charge in [0.1, 0.15) is 0 Å². The molecule has 0 amide bonds. The third-order valence-corrected chi connectivity index (χ3v) is 3.37. The van der Waals surface area contributed by atoms with Crippen LogP contribution in [-0.2, 0) is 9.53 Å². The topological polar surface area (TPSA) is 63.6 Å². The Bertz CT molecular complexity index is 463. The van der Waals surface area contributed by atoms with E-state index in [0.717, 1.165) is 18.4 Å². The van der Waals surface area contributed by atoms with Gasteiger partial charge in [-0.15, -0.1) is 0 Å². The highest BCUT2D eigenvalue weighted by molar-refractivity contribution is 5.87. The Morgan fingerprint density at radius 3 is 2.72 bits per heavy atom. The summed E-state index contributed by atoms with van der Waals surface area (Å²) in [5, 5.41) is 8.98. The van der Waals surface area contributed by atoms with Crippen LogP contribution in [0.15, 0.2) is 24.3 Å². The molecule has 0 radical (unpaired) electrons. The molecule has 0 aromatic heterocycles. The summed E-state index contributed by atoms with van der Waals surface area (Å²) in [4.78, 5) is 22.4. The van der Waals surface area contributed by atoms with Crippen LogP contribution in [0.4, 0.5) is 0 Å². The van der Waals surface area contributed by atoms with Crippen LogP contribution >= 0.6 is 0 Å². The first-order chi connectivity index (χ1) is 8.61. The normalized spacial score (nSPS) is 16.1. The maximum absolute atomic E-state index is 11.4.